The van der Waals surface area contributed by atoms with Crippen LogP contribution in [-0.4, -0.2) is 13.0 Å². The Morgan fingerprint density at radius 2 is 1.94 bits per heavy atom. The summed E-state index contributed by atoms with van der Waals surface area (Å²) in [4.78, 5) is 12.5. The van der Waals surface area contributed by atoms with Gasteiger partial charge < -0.3 is 14.8 Å². The molecule has 0 spiro atoms. The van der Waals surface area contributed by atoms with Crippen molar-refractivity contribution in [3.05, 3.63) is 92.9 Å². The fraction of sp³-hybridized carbons (Fsp3) is 0.0833. The highest BCUT2D eigenvalue weighted by molar-refractivity contribution is 9.10. The van der Waals surface area contributed by atoms with Crippen LogP contribution in [0, 0.1) is 11.3 Å². The van der Waals surface area contributed by atoms with Crippen molar-refractivity contribution in [2.75, 3.05) is 12.4 Å². The summed E-state index contributed by atoms with van der Waals surface area (Å²) in [6.07, 6.45) is 1.49. The lowest BCUT2D eigenvalue weighted by atomic mass is 10.1. The average Bonchev–Trinajstić information content (AvgIpc) is 2.77. The predicted octanol–water partition coefficient (Wildman–Crippen LogP) is 6.24. The Hall–Kier alpha value is -3.27. The van der Waals surface area contributed by atoms with E-state index in [4.69, 9.17) is 21.1 Å². The number of para-hydroxylation sites is 1. The number of nitrogens with zero attached hydrogens (tertiary/aromatic N) is 1. The maximum Gasteiger partial charge on any atom is 0.266 e. The number of nitriles is 1. The molecule has 0 aliphatic heterocycles. The van der Waals surface area contributed by atoms with Crippen molar-refractivity contribution in [1.82, 2.24) is 0 Å². The fourth-order valence-corrected chi connectivity index (χ4v) is 3.57. The number of methoxy groups -OCH3 is 1. The number of carbonyl (C=O) groups excluding carboxylic acids is 1. The number of carbonyl (C=O) groups is 1. The van der Waals surface area contributed by atoms with Crippen LogP contribution in [0.5, 0.6) is 11.5 Å². The molecule has 1 N–H and O–H groups in total. The number of nitrogens with one attached hydrogen (secondary N) is 1. The van der Waals surface area contributed by atoms with Crippen LogP contribution < -0.4 is 14.8 Å². The molecule has 0 aromatic heterocycles. The van der Waals surface area contributed by atoms with Crippen LogP contribution >= 0.6 is 27.5 Å². The van der Waals surface area contributed by atoms with Crippen LogP contribution in [-0.2, 0) is 11.4 Å². The minimum atomic E-state index is -0.495. The number of anilines is 1. The smallest absolute Gasteiger partial charge is 0.266 e. The summed E-state index contributed by atoms with van der Waals surface area (Å²) in [5.74, 6) is 0.473. The van der Waals surface area contributed by atoms with E-state index in [2.05, 4.69) is 21.2 Å². The lowest BCUT2D eigenvalue weighted by molar-refractivity contribution is -0.112. The van der Waals surface area contributed by atoms with Crippen molar-refractivity contribution in [2.24, 2.45) is 0 Å². The molecule has 5 nitrogen and oxygen atoms in total. The van der Waals surface area contributed by atoms with Gasteiger partial charge in [-0.25, -0.2) is 0 Å². The van der Waals surface area contributed by atoms with Gasteiger partial charge in [0.25, 0.3) is 5.91 Å². The molecule has 3 rings (SSSR count). The van der Waals surface area contributed by atoms with Gasteiger partial charge >= 0.3 is 0 Å². The van der Waals surface area contributed by atoms with Crippen LogP contribution in [0.2, 0.25) is 5.02 Å². The molecular formula is C24H18BrClN2O3. The zero-order valence-corrected chi connectivity index (χ0v) is 18.9. The van der Waals surface area contributed by atoms with E-state index in [1.807, 2.05) is 30.3 Å². The normalized spacial score (nSPS) is 10.8. The second-order valence-corrected chi connectivity index (χ2v) is 7.73. The SMILES string of the molecule is COc1cc(/C=C(\C#N)C(=O)Nc2ccccc2)cc(Br)c1OCc1cccc(Cl)c1. The topological polar surface area (TPSA) is 71.3 Å². The van der Waals surface area contributed by atoms with E-state index < -0.39 is 5.91 Å². The predicted molar refractivity (Wildman–Crippen MR) is 125 cm³/mol. The summed E-state index contributed by atoms with van der Waals surface area (Å²) >= 11 is 9.51. The number of hydrogen-bond donors (Lipinski definition) is 1. The molecular weight excluding hydrogens is 480 g/mol. The molecule has 0 atom stereocenters. The fourth-order valence-electron chi connectivity index (χ4n) is 2.78. The first-order valence-electron chi connectivity index (χ1n) is 9.23. The van der Waals surface area contributed by atoms with Gasteiger partial charge in [-0.2, -0.15) is 5.26 Å². The van der Waals surface area contributed by atoms with Crippen molar-refractivity contribution >= 4 is 45.2 Å². The van der Waals surface area contributed by atoms with Crippen molar-refractivity contribution in [3.63, 3.8) is 0 Å². The summed E-state index contributed by atoms with van der Waals surface area (Å²) in [5.41, 5.74) is 2.09. The Kier molecular flexibility index (Phi) is 7.71. The molecule has 0 aliphatic rings. The third-order valence-corrected chi connectivity index (χ3v) is 5.06. The van der Waals surface area contributed by atoms with E-state index in [9.17, 15) is 10.1 Å². The maximum atomic E-state index is 12.5. The van der Waals surface area contributed by atoms with E-state index in [-0.39, 0.29) is 5.57 Å². The molecule has 3 aromatic carbocycles. The van der Waals surface area contributed by atoms with E-state index in [0.717, 1.165) is 5.56 Å². The highest BCUT2D eigenvalue weighted by Crippen LogP contribution is 2.38. The first kappa shape index (κ1) is 22.4. The Bertz CT molecular complexity index is 1160. The second kappa shape index (κ2) is 10.7. The molecule has 0 unspecified atom stereocenters. The van der Waals surface area contributed by atoms with E-state index in [1.165, 1.54) is 13.2 Å². The van der Waals surface area contributed by atoms with Crippen LogP contribution in [0.4, 0.5) is 5.69 Å². The van der Waals surface area contributed by atoms with E-state index in [0.29, 0.717) is 38.9 Å². The Balaban J connectivity index is 1.82. The Labute approximate surface area is 194 Å². The Morgan fingerprint density at radius 3 is 2.61 bits per heavy atom. The van der Waals surface area contributed by atoms with Crippen molar-refractivity contribution in [1.29, 1.82) is 5.26 Å². The number of amides is 1. The van der Waals surface area contributed by atoms with Gasteiger partial charge in [-0.3, -0.25) is 4.79 Å². The molecule has 156 valence electrons. The lowest BCUT2D eigenvalue weighted by Crippen LogP contribution is -2.13. The molecule has 31 heavy (non-hydrogen) atoms. The maximum absolute atomic E-state index is 12.5. The van der Waals surface area contributed by atoms with E-state index >= 15 is 0 Å². The van der Waals surface area contributed by atoms with Crippen LogP contribution in [0.1, 0.15) is 11.1 Å². The Morgan fingerprint density at radius 1 is 1.16 bits per heavy atom. The number of benzene rings is 3. The van der Waals surface area contributed by atoms with Crippen LogP contribution in [0.15, 0.2) is 76.8 Å². The molecule has 0 aliphatic carbocycles. The largest absolute Gasteiger partial charge is 0.493 e. The second-order valence-electron chi connectivity index (χ2n) is 6.44. The van der Waals surface area contributed by atoms with Gasteiger partial charge in [0.2, 0.25) is 0 Å². The zero-order valence-electron chi connectivity index (χ0n) is 16.6. The van der Waals surface area contributed by atoms with Gasteiger partial charge in [0.1, 0.15) is 18.2 Å². The minimum absolute atomic E-state index is 0.0367. The summed E-state index contributed by atoms with van der Waals surface area (Å²) in [6, 6.07) is 21.7. The number of halogens is 2. The summed E-state index contributed by atoms with van der Waals surface area (Å²) < 4.78 is 12.0. The molecule has 3 aromatic rings. The number of ether oxygens (including phenoxy) is 2. The van der Waals surface area contributed by atoms with Gasteiger partial charge in [-0.1, -0.05) is 41.9 Å². The van der Waals surface area contributed by atoms with Gasteiger partial charge in [0.05, 0.1) is 11.6 Å². The third-order valence-electron chi connectivity index (χ3n) is 4.23. The van der Waals surface area contributed by atoms with Gasteiger partial charge in [0, 0.05) is 10.7 Å². The minimum Gasteiger partial charge on any atom is -0.493 e. The van der Waals surface area contributed by atoms with Crippen LogP contribution in [0.25, 0.3) is 6.08 Å². The standard InChI is InChI=1S/C24H18BrClN2O3/c1-30-22-13-17(10-18(14-27)24(29)28-20-8-3-2-4-9-20)12-21(25)23(22)31-15-16-6-5-7-19(26)11-16/h2-13H,15H2,1H3,(H,28,29)/b18-10+. The lowest BCUT2D eigenvalue weighted by Gasteiger charge is -2.14. The quantitative estimate of drug-likeness (QED) is 0.310. The zero-order chi connectivity index (χ0) is 22.2. The molecule has 0 radical (unpaired) electrons. The molecule has 0 fully saturated rings. The first-order chi connectivity index (χ1) is 15.0. The summed E-state index contributed by atoms with van der Waals surface area (Å²) in [5, 5.41) is 12.8. The molecule has 0 saturated carbocycles. The molecule has 0 heterocycles. The van der Waals surface area contributed by atoms with E-state index in [1.54, 1.807) is 42.5 Å². The third kappa shape index (κ3) is 6.11. The van der Waals surface area contributed by atoms with Gasteiger partial charge in [0.15, 0.2) is 11.5 Å². The monoisotopic (exact) mass is 496 g/mol. The van der Waals surface area contributed by atoms with Crippen molar-refractivity contribution in [2.45, 2.75) is 6.61 Å². The van der Waals surface area contributed by atoms with Gasteiger partial charge in [-0.05, 0) is 69.5 Å². The van der Waals surface area contributed by atoms with Crippen LogP contribution in [0.3, 0.4) is 0 Å². The first-order valence-corrected chi connectivity index (χ1v) is 10.4. The number of rotatable bonds is 7. The number of hydrogen-bond acceptors (Lipinski definition) is 4. The molecule has 0 saturated heterocycles. The summed E-state index contributed by atoms with van der Waals surface area (Å²) in [6.45, 7) is 0.299. The summed E-state index contributed by atoms with van der Waals surface area (Å²) in [7, 11) is 1.52. The highest BCUT2D eigenvalue weighted by atomic mass is 79.9. The average molecular weight is 498 g/mol. The van der Waals surface area contributed by atoms with Crippen molar-refractivity contribution in [3.8, 4) is 17.6 Å². The molecule has 0 bridgehead atoms. The molecule has 7 heteroatoms. The molecule has 1 amide bonds. The van der Waals surface area contributed by atoms with Crippen molar-refractivity contribution < 1.29 is 14.3 Å². The highest BCUT2D eigenvalue weighted by Gasteiger charge is 2.14. The van der Waals surface area contributed by atoms with Gasteiger partial charge in [-0.15, -0.1) is 0 Å².